The number of hydrogen-bond acceptors (Lipinski definition) is 5. The van der Waals surface area contributed by atoms with Gasteiger partial charge in [-0.25, -0.2) is 0 Å². The summed E-state index contributed by atoms with van der Waals surface area (Å²) in [6.07, 6.45) is -3.24. The Morgan fingerprint density at radius 3 is 2.77 bits per heavy atom. The summed E-state index contributed by atoms with van der Waals surface area (Å²) in [5, 5.41) is 10.5. The Balaban J connectivity index is 1.96. The van der Waals surface area contributed by atoms with E-state index in [2.05, 4.69) is 15.3 Å². The predicted octanol–water partition coefficient (Wildman–Crippen LogP) is 0.845. The second-order valence-electron chi connectivity index (χ2n) is 5.17. The van der Waals surface area contributed by atoms with Crippen molar-refractivity contribution in [3.63, 3.8) is 0 Å². The van der Waals surface area contributed by atoms with Crippen molar-refractivity contribution < 1.29 is 18.0 Å². The highest BCUT2D eigenvalue weighted by molar-refractivity contribution is 5.77. The van der Waals surface area contributed by atoms with Gasteiger partial charge in [-0.15, -0.1) is 15.3 Å². The highest BCUT2D eigenvalue weighted by Gasteiger charge is 2.38. The monoisotopic (exact) mass is 314 g/mol. The molecule has 1 aliphatic heterocycles. The van der Waals surface area contributed by atoms with Crippen LogP contribution in [-0.2, 0) is 11.0 Å². The van der Waals surface area contributed by atoms with Crippen LogP contribution in [0.4, 0.5) is 19.0 Å². The van der Waals surface area contributed by atoms with Crippen molar-refractivity contribution >= 4 is 17.4 Å². The van der Waals surface area contributed by atoms with Crippen molar-refractivity contribution in [2.45, 2.75) is 19.0 Å². The second kappa shape index (κ2) is 5.11. The van der Waals surface area contributed by atoms with Crippen LogP contribution >= 0.6 is 0 Å². The zero-order valence-electron chi connectivity index (χ0n) is 11.4. The van der Waals surface area contributed by atoms with Crippen LogP contribution in [0.1, 0.15) is 18.7 Å². The van der Waals surface area contributed by atoms with Crippen LogP contribution in [0, 0.1) is 5.92 Å². The van der Waals surface area contributed by atoms with Gasteiger partial charge in [0, 0.05) is 13.1 Å². The van der Waals surface area contributed by atoms with Gasteiger partial charge in [0.1, 0.15) is 5.82 Å². The Labute approximate surface area is 122 Å². The maximum absolute atomic E-state index is 12.9. The van der Waals surface area contributed by atoms with Crippen molar-refractivity contribution in [3.05, 3.63) is 18.0 Å². The molecule has 1 atom stereocenters. The molecule has 2 aromatic heterocycles. The number of fused-ring (bicyclic) bond motifs is 1. The minimum absolute atomic E-state index is 0.0135. The third-order valence-electron chi connectivity index (χ3n) is 3.65. The molecule has 0 aromatic carbocycles. The van der Waals surface area contributed by atoms with Crippen molar-refractivity contribution in [3.8, 4) is 0 Å². The standard InChI is InChI=1S/C12H13F3N6O/c13-12(14,15)11-18-17-8-3-4-9(19-21(8)11)20-5-1-2-7(6-20)10(16)22/h3-4,7H,1-2,5-6H2,(H2,16,22). The van der Waals surface area contributed by atoms with E-state index in [9.17, 15) is 18.0 Å². The first-order valence-corrected chi connectivity index (χ1v) is 6.70. The lowest BCUT2D eigenvalue weighted by molar-refractivity contribution is -0.146. The summed E-state index contributed by atoms with van der Waals surface area (Å²) >= 11 is 0. The summed E-state index contributed by atoms with van der Waals surface area (Å²) in [5.74, 6) is -1.57. The maximum Gasteiger partial charge on any atom is 0.453 e. The van der Waals surface area contributed by atoms with Gasteiger partial charge in [0.05, 0.1) is 5.92 Å². The normalized spacial score (nSPS) is 19.6. The molecule has 1 saturated heterocycles. The van der Waals surface area contributed by atoms with Crippen molar-refractivity contribution in [2.24, 2.45) is 11.7 Å². The smallest absolute Gasteiger partial charge is 0.369 e. The number of halogens is 3. The quantitative estimate of drug-likeness (QED) is 0.887. The van der Waals surface area contributed by atoms with Gasteiger partial charge in [0.2, 0.25) is 5.91 Å². The van der Waals surface area contributed by atoms with Gasteiger partial charge in [0.25, 0.3) is 5.82 Å². The second-order valence-corrected chi connectivity index (χ2v) is 5.17. The Hall–Kier alpha value is -2.39. The molecule has 10 heteroatoms. The number of nitrogens with two attached hydrogens (primary N) is 1. The molecule has 0 spiro atoms. The number of carbonyl (C=O) groups is 1. The molecule has 118 valence electrons. The molecular formula is C12H13F3N6O. The first-order valence-electron chi connectivity index (χ1n) is 6.70. The number of anilines is 1. The molecule has 2 N–H and O–H groups in total. The number of rotatable bonds is 2. The minimum Gasteiger partial charge on any atom is -0.369 e. The molecule has 7 nitrogen and oxygen atoms in total. The summed E-state index contributed by atoms with van der Waals surface area (Å²) in [6.45, 7) is 0.948. The van der Waals surface area contributed by atoms with Crippen molar-refractivity contribution in [1.29, 1.82) is 0 Å². The van der Waals surface area contributed by atoms with Gasteiger partial charge in [0.15, 0.2) is 5.65 Å². The van der Waals surface area contributed by atoms with Crippen LogP contribution in [0.3, 0.4) is 0 Å². The van der Waals surface area contributed by atoms with Gasteiger partial charge >= 0.3 is 6.18 Å². The predicted molar refractivity (Wildman–Crippen MR) is 69.9 cm³/mol. The molecule has 22 heavy (non-hydrogen) atoms. The van der Waals surface area contributed by atoms with Gasteiger partial charge in [-0.2, -0.15) is 17.7 Å². The average molecular weight is 314 g/mol. The van der Waals surface area contributed by atoms with E-state index in [1.54, 1.807) is 11.0 Å². The number of aromatic nitrogens is 4. The molecule has 3 heterocycles. The lowest BCUT2D eigenvalue weighted by atomic mass is 9.97. The molecule has 0 radical (unpaired) electrons. The van der Waals surface area contributed by atoms with E-state index in [1.165, 1.54) is 6.07 Å². The average Bonchev–Trinajstić information content (AvgIpc) is 2.90. The first-order chi connectivity index (χ1) is 10.4. The third kappa shape index (κ3) is 2.55. The van der Waals surface area contributed by atoms with Crippen LogP contribution in [0.5, 0.6) is 0 Å². The van der Waals surface area contributed by atoms with Crippen LogP contribution in [0.15, 0.2) is 12.1 Å². The fourth-order valence-electron chi connectivity index (χ4n) is 2.54. The number of hydrogen-bond donors (Lipinski definition) is 1. The highest BCUT2D eigenvalue weighted by Crippen LogP contribution is 2.28. The van der Waals surface area contributed by atoms with E-state index < -0.39 is 17.9 Å². The van der Waals surface area contributed by atoms with E-state index in [0.717, 1.165) is 6.42 Å². The summed E-state index contributed by atoms with van der Waals surface area (Å²) in [6, 6.07) is 2.98. The molecule has 0 saturated carbocycles. The minimum atomic E-state index is -4.64. The van der Waals surface area contributed by atoms with Gasteiger partial charge < -0.3 is 10.6 Å². The molecule has 3 rings (SSSR count). The Morgan fingerprint density at radius 1 is 1.32 bits per heavy atom. The van der Waals surface area contributed by atoms with E-state index >= 15 is 0 Å². The zero-order chi connectivity index (χ0) is 15.9. The lowest BCUT2D eigenvalue weighted by Crippen LogP contribution is -2.41. The largest absolute Gasteiger partial charge is 0.453 e. The van der Waals surface area contributed by atoms with Gasteiger partial charge in [-0.3, -0.25) is 4.79 Å². The van der Waals surface area contributed by atoms with E-state index in [1.807, 2.05) is 0 Å². The number of nitrogens with zero attached hydrogens (tertiary/aromatic N) is 5. The van der Waals surface area contributed by atoms with Crippen molar-refractivity contribution in [2.75, 3.05) is 18.0 Å². The van der Waals surface area contributed by atoms with Crippen molar-refractivity contribution in [1.82, 2.24) is 19.8 Å². The van der Waals surface area contributed by atoms with Gasteiger partial charge in [-0.1, -0.05) is 0 Å². The van der Waals surface area contributed by atoms with Crippen LogP contribution in [0.2, 0.25) is 0 Å². The summed E-state index contributed by atoms with van der Waals surface area (Å²) < 4.78 is 39.2. The number of piperidine rings is 1. The van der Waals surface area contributed by atoms with E-state index in [4.69, 9.17) is 5.73 Å². The molecule has 2 aromatic rings. The number of primary amides is 1. The summed E-state index contributed by atoms with van der Waals surface area (Å²) in [5.41, 5.74) is 5.32. The van der Waals surface area contributed by atoms with E-state index in [-0.39, 0.29) is 11.6 Å². The van der Waals surface area contributed by atoms with Crippen LogP contribution in [0.25, 0.3) is 5.65 Å². The fourth-order valence-corrected chi connectivity index (χ4v) is 2.54. The Kier molecular flexibility index (Phi) is 3.38. The van der Waals surface area contributed by atoms with Crippen LogP contribution < -0.4 is 10.6 Å². The number of amides is 1. The molecule has 1 unspecified atom stereocenters. The molecule has 1 fully saturated rings. The number of alkyl halides is 3. The van der Waals surface area contributed by atoms with E-state index in [0.29, 0.717) is 29.8 Å². The third-order valence-corrected chi connectivity index (χ3v) is 3.65. The SMILES string of the molecule is NC(=O)C1CCCN(c2ccc3nnc(C(F)(F)F)n3n2)C1. The molecule has 1 amide bonds. The molecule has 0 bridgehead atoms. The molecule has 0 aliphatic carbocycles. The Morgan fingerprint density at radius 2 is 2.09 bits per heavy atom. The highest BCUT2D eigenvalue weighted by atomic mass is 19.4. The zero-order valence-corrected chi connectivity index (χ0v) is 11.4. The molecular weight excluding hydrogens is 301 g/mol. The fraction of sp³-hybridized carbons (Fsp3) is 0.500. The van der Waals surface area contributed by atoms with Gasteiger partial charge in [-0.05, 0) is 25.0 Å². The lowest BCUT2D eigenvalue weighted by Gasteiger charge is -2.31. The first kappa shape index (κ1) is 14.5. The maximum atomic E-state index is 12.9. The van der Waals surface area contributed by atoms with Crippen LogP contribution in [-0.4, -0.2) is 38.8 Å². The number of carbonyl (C=O) groups excluding carboxylic acids is 1. The molecule has 1 aliphatic rings. The summed E-state index contributed by atoms with van der Waals surface area (Å²) in [4.78, 5) is 13.0. The summed E-state index contributed by atoms with van der Waals surface area (Å²) in [7, 11) is 0. The topological polar surface area (TPSA) is 89.4 Å². The Bertz CT molecular complexity index is 712.